The van der Waals surface area contributed by atoms with Crippen LogP contribution in [0.15, 0.2) is 29.3 Å². The molecule has 1 aromatic carbocycles. The Morgan fingerprint density at radius 3 is 2.82 bits per heavy atom. The average molecular weight is 307 g/mol. The van der Waals surface area contributed by atoms with Gasteiger partial charge in [-0.1, -0.05) is 12.1 Å². The molecule has 1 saturated carbocycles. The van der Waals surface area contributed by atoms with Crippen LogP contribution >= 0.6 is 0 Å². The van der Waals surface area contributed by atoms with E-state index in [4.69, 9.17) is 4.74 Å². The van der Waals surface area contributed by atoms with Crippen LogP contribution in [0.2, 0.25) is 0 Å². The highest BCUT2D eigenvalue weighted by Crippen LogP contribution is 2.48. The molecular weight excluding hydrogens is 281 g/mol. The number of benzene rings is 1. The van der Waals surface area contributed by atoms with Crippen LogP contribution in [-0.4, -0.2) is 39.3 Å². The Morgan fingerprint density at radius 1 is 1.36 bits per heavy atom. The number of nitrogens with zero attached hydrogens (tertiary/aromatic N) is 1. The lowest BCUT2D eigenvalue weighted by molar-refractivity contribution is 0.195. The van der Waals surface area contributed by atoms with Gasteiger partial charge in [-0.3, -0.25) is 4.99 Å². The van der Waals surface area contributed by atoms with Crippen molar-refractivity contribution in [3.63, 3.8) is 0 Å². The largest absolute Gasteiger partial charge is 0.385 e. The second-order valence-corrected chi connectivity index (χ2v) is 5.76. The zero-order chi connectivity index (χ0) is 15.8. The van der Waals surface area contributed by atoms with Crippen molar-refractivity contribution in [3.05, 3.63) is 35.6 Å². The molecule has 5 heteroatoms. The van der Waals surface area contributed by atoms with E-state index in [1.165, 1.54) is 6.07 Å². The Morgan fingerprint density at radius 2 is 2.18 bits per heavy atom. The Labute approximate surface area is 132 Å². The van der Waals surface area contributed by atoms with Crippen molar-refractivity contribution in [1.29, 1.82) is 0 Å². The average Bonchev–Trinajstić information content (AvgIpc) is 3.30. The second kappa shape index (κ2) is 8.13. The van der Waals surface area contributed by atoms with Gasteiger partial charge in [-0.25, -0.2) is 4.39 Å². The minimum Gasteiger partial charge on any atom is -0.385 e. The molecule has 0 radical (unpaired) electrons. The summed E-state index contributed by atoms with van der Waals surface area (Å²) < 4.78 is 18.5. The maximum absolute atomic E-state index is 13.4. The third kappa shape index (κ3) is 4.70. The first kappa shape index (κ1) is 16.7. The SMILES string of the molecule is CCNC(=NCC1(c2cccc(F)c2)CC1)NCCCOC. The summed E-state index contributed by atoms with van der Waals surface area (Å²) in [5.74, 6) is 0.652. The molecule has 0 aromatic heterocycles. The van der Waals surface area contributed by atoms with E-state index in [-0.39, 0.29) is 11.2 Å². The van der Waals surface area contributed by atoms with Gasteiger partial charge in [-0.15, -0.1) is 0 Å². The Kier molecular flexibility index (Phi) is 6.19. The molecule has 4 nitrogen and oxygen atoms in total. The smallest absolute Gasteiger partial charge is 0.191 e. The van der Waals surface area contributed by atoms with E-state index >= 15 is 0 Å². The molecule has 0 amide bonds. The van der Waals surface area contributed by atoms with Gasteiger partial charge in [0, 0.05) is 32.2 Å². The number of methoxy groups -OCH3 is 1. The number of halogens is 1. The molecule has 0 unspecified atom stereocenters. The minimum absolute atomic E-state index is 0.0248. The summed E-state index contributed by atoms with van der Waals surface area (Å²) >= 11 is 0. The predicted octanol–water partition coefficient (Wildman–Crippen LogP) is 2.45. The van der Waals surface area contributed by atoms with E-state index in [2.05, 4.69) is 15.6 Å². The fourth-order valence-electron chi connectivity index (χ4n) is 2.50. The standard InChI is InChI=1S/C17H26FN3O/c1-3-19-16(20-10-5-11-22-2)21-13-17(8-9-17)14-6-4-7-15(18)12-14/h4,6-7,12H,3,5,8-11,13H2,1-2H3,(H2,19,20,21). The predicted molar refractivity (Wildman–Crippen MR) is 87.8 cm³/mol. The van der Waals surface area contributed by atoms with Crippen molar-refractivity contribution in [2.24, 2.45) is 4.99 Å². The number of hydrogen-bond acceptors (Lipinski definition) is 2. The normalized spacial score (nSPS) is 16.4. The van der Waals surface area contributed by atoms with Gasteiger partial charge in [0.15, 0.2) is 5.96 Å². The Hall–Kier alpha value is -1.62. The zero-order valence-electron chi connectivity index (χ0n) is 13.5. The summed E-state index contributed by atoms with van der Waals surface area (Å²) in [4.78, 5) is 4.68. The molecule has 22 heavy (non-hydrogen) atoms. The quantitative estimate of drug-likeness (QED) is 0.440. The van der Waals surface area contributed by atoms with E-state index < -0.39 is 0 Å². The van der Waals surface area contributed by atoms with Crippen LogP contribution in [0.25, 0.3) is 0 Å². The highest BCUT2D eigenvalue weighted by molar-refractivity contribution is 5.79. The van der Waals surface area contributed by atoms with Crippen LogP contribution in [0.3, 0.4) is 0 Å². The number of rotatable bonds is 8. The summed E-state index contributed by atoms with van der Waals surface area (Å²) in [6.07, 6.45) is 3.09. The maximum atomic E-state index is 13.4. The monoisotopic (exact) mass is 307 g/mol. The molecule has 1 aliphatic rings. The van der Waals surface area contributed by atoms with Gasteiger partial charge in [-0.2, -0.15) is 0 Å². The molecule has 0 saturated heterocycles. The Balaban J connectivity index is 1.94. The molecule has 0 spiro atoms. The van der Waals surface area contributed by atoms with Gasteiger partial charge in [0.2, 0.25) is 0 Å². The summed E-state index contributed by atoms with van der Waals surface area (Å²) in [5, 5.41) is 6.55. The third-order valence-electron chi connectivity index (χ3n) is 3.99. The lowest BCUT2D eigenvalue weighted by Gasteiger charge is -2.16. The maximum Gasteiger partial charge on any atom is 0.191 e. The van der Waals surface area contributed by atoms with Crippen LogP contribution < -0.4 is 10.6 Å². The van der Waals surface area contributed by atoms with Crippen LogP contribution in [-0.2, 0) is 10.2 Å². The summed E-state index contributed by atoms with van der Waals surface area (Å²) in [6.45, 7) is 5.12. The van der Waals surface area contributed by atoms with Crippen LogP contribution in [0.4, 0.5) is 4.39 Å². The van der Waals surface area contributed by atoms with E-state index in [1.54, 1.807) is 19.2 Å². The number of aliphatic imine (C=N–C) groups is 1. The van der Waals surface area contributed by atoms with Crippen molar-refractivity contribution in [2.75, 3.05) is 33.4 Å². The van der Waals surface area contributed by atoms with E-state index in [9.17, 15) is 4.39 Å². The van der Waals surface area contributed by atoms with Gasteiger partial charge in [0.05, 0.1) is 6.54 Å². The first-order valence-corrected chi connectivity index (χ1v) is 7.97. The molecule has 0 atom stereocenters. The minimum atomic E-state index is -0.169. The summed E-state index contributed by atoms with van der Waals surface area (Å²) in [5.41, 5.74) is 1.09. The van der Waals surface area contributed by atoms with Crippen molar-refractivity contribution in [3.8, 4) is 0 Å². The van der Waals surface area contributed by atoms with E-state index in [0.717, 1.165) is 50.5 Å². The summed E-state index contributed by atoms with van der Waals surface area (Å²) in [6, 6.07) is 6.92. The molecule has 0 heterocycles. The molecule has 0 aliphatic heterocycles. The van der Waals surface area contributed by atoms with Gasteiger partial charge in [-0.05, 0) is 43.9 Å². The number of ether oxygens (including phenoxy) is 1. The van der Waals surface area contributed by atoms with Crippen molar-refractivity contribution < 1.29 is 9.13 Å². The highest BCUT2D eigenvalue weighted by atomic mass is 19.1. The van der Waals surface area contributed by atoms with Crippen molar-refractivity contribution in [1.82, 2.24) is 10.6 Å². The van der Waals surface area contributed by atoms with Gasteiger partial charge >= 0.3 is 0 Å². The van der Waals surface area contributed by atoms with Crippen LogP contribution in [0.1, 0.15) is 31.7 Å². The molecular formula is C17H26FN3O. The molecule has 1 aromatic rings. The van der Waals surface area contributed by atoms with Gasteiger partial charge in [0.1, 0.15) is 5.82 Å². The van der Waals surface area contributed by atoms with Crippen molar-refractivity contribution in [2.45, 2.75) is 31.6 Å². The topological polar surface area (TPSA) is 45.7 Å². The molecule has 2 N–H and O–H groups in total. The van der Waals surface area contributed by atoms with Crippen LogP contribution in [0.5, 0.6) is 0 Å². The van der Waals surface area contributed by atoms with Crippen LogP contribution in [0, 0.1) is 5.82 Å². The zero-order valence-corrected chi connectivity index (χ0v) is 13.5. The molecule has 1 aliphatic carbocycles. The second-order valence-electron chi connectivity index (χ2n) is 5.76. The fraction of sp³-hybridized carbons (Fsp3) is 0.588. The number of hydrogen-bond donors (Lipinski definition) is 2. The van der Waals surface area contributed by atoms with Gasteiger partial charge in [0.25, 0.3) is 0 Å². The van der Waals surface area contributed by atoms with Crippen molar-refractivity contribution >= 4 is 5.96 Å². The molecule has 122 valence electrons. The fourth-order valence-corrected chi connectivity index (χ4v) is 2.50. The van der Waals surface area contributed by atoms with E-state index in [0.29, 0.717) is 6.54 Å². The molecule has 2 rings (SSSR count). The number of nitrogens with one attached hydrogen (secondary N) is 2. The molecule has 0 bridgehead atoms. The number of guanidine groups is 1. The third-order valence-corrected chi connectivity index (χ3v) is 3.99. The highest BCUT2D eigenvalue weighted by Gasteiger charge is 2.44. The summed E-state index contributed by atoms with van der Waals surface area (Å²) in [7, 11) is 1.70. The molecule has 1 fully saturated rings. The first-order chi connectivity index (χ1) is 10.7. The van der Waals surface area contributed by atoms with Gasteiger partial charge < -0.3 is 15.4 Å². The van der Waals surface area contributed by atoms with E-state index in [1.807, 2.05) is 13.0 Å². The lowest BCUT2D eigenvalue weighted by Crippen LogP contribution is -2.38. The lowest BCUT2D eigenvalue weighted by atomic mass is 9.96. The Bertz CT molecular complexity index is 500. The first-order valence-electron chi connectivity index (χ1n) is 7.97.